The van der Waals surface area contributed by atoms with E-state index in [1.54, 1.807) is 4.68 Å². The molecular formula is C15H17BrN6. The Morgan fingerprint density at radius 1 is 1.27 bits per heavy atom. The number of fused-ring (bicyclic) bond motifs is 1. The zero-order valence-electron chi connectivity index (χ0n) is 12.3. The minimum atomic E-state index is 0.449. The van der Waals surface area contributed by atoms with Crippen molar-refractivity contribution in [3.05, 3.63) is 35.0 Å². The van der Waals surface area contributed by atoms with Crippen LogP contribution in [0.2, 0.25) is 0 Å². The number of aryl methyl sites for hydroxylation is 1. The van der Waals surface area contributed by atoms with Gasteiger partial charge in [0.2, 0.25) is 0 Å². The van der Waals surface area contributed by atoms with Crippen molar-refractivity contribution in [3.8, 4) is 11.1 Å². The van der Waals surface area contributed by atoms with E-state index in [9.17, 15) is 0 Å². The molecule has 4 rings (SSSR count). The van der Waals surface area contributed by atoms with Gasteiger partial charge in [-0.3, -0.25) is 4.68 Å². The Morgan fingerprint density at radius 3 is 2.91 bits per heavy atom. The van der Waals surface area contributed by atoms with Crippen LogP contribution in [0.4, 0.5) is 0 Å². The number of rotatable bonds is 2. The molecule has 0 bridgehead atoms. The lowest BCUT2D eigenvalue weighted by molar-refractivity contribution is 0.453. The number of nitrogens with one attached hydrogen (secondary N) is 1. The fraction of sp³-hybridized carbons (Fsp3) is 0.400. The van der Waals surface area contributed by atoms with Gasteiger partial charge in [-0.05, 0) is 35.3 Å². The summed E-state index contributed by atoms with van der Waals surface area (Å²) in [4.78, 5) is 4.92. The summed E-state index contributed by atoms with van der Waals surface area (Å²) in [5.74, 6) is 0.449. The Balaban J connectivity index is 1.83. The lowest BCUT2D eigenvalue weighted by Crippen LogP contribution is -2.29. The summed E-state index contributed by atoms with van der Waals surface area (Å²) >= 11 is 3.65. The van der Waals surface area contributed by atoms with Crippen molar-refractivity contribution >= 4 is 21.6 Å². The van der Waals surface area contributed by atoms with Gasteiger partial charge in [-0.15, -0.1) is 0 Å². The lowest BCUT2D eigenvalue weighted by Gasteiger charge is -2.23. The summed E-state index contributed by atoms with van der Waals surface area (Å²) in [5.41, 5.74) is 4.06. The second-order valence-corrected chi connectivity index (χ2v) is 6.60. The molecule has 114 valence electrons. The van der Waals surface area contributed by atoms with E-state index < -0.39 is 0 Å². The second kappa shape index (κ2) is 5.48. The quantitative estimate of drug-likeness (QED) is 0.761. The molecule has 0 aliphatic carbocycles. The average Bonchev–Trinajstić information content (AvgIpc) is 3.13. The molecule has 3 aromatic rings. The lowest BCUT2D eigenvalue weighted by atomic mass is 9.96. The minimum absolute atomic E-state index is 0.449. The van der Waals surface area contributed by atoms with E-state index in [1.807, 2.05) is 36.4 Å². The van der Waals surface area contributed by atoms with Crippen LogP contribution in [0.1, 0.15) is 24.5 Å². The molecule has 22 heavy (non-hydrogen) atoms. The SMILES string of the molecule is Cn1cc(-c2cnn3cc(Br)c([C@@H]4CCCNC4)nc23)cn1. The molecule has 0 amide bonds. The van der Waals surface area contributed by atoms with Crippen LogP contribution in [-0.2, 0) is 7.05 Å². The van der Waals surface area contributed by atoms with E-state index in [4.69, 9.17) is 4.98 Å². The first kappa shape index (κ1) is 13.9. The summed E-state index contributed by atoms with van der Waals surface area (Å²) in [6.07, 6.45) is 10.1. The molecule has 0 saturated carbocycles. The monoisotopic (exact) mass is 360 g/mol. The van der Waals surface area contributed by atoms with Crippen molar-refractivity contribution in [3.63, 3.8) is 0 Å². The minimum Gasteiger partial charge on any atom is -0.316 e. The molecule has 0 aromatic carbocycles. The molecule has 0 radical (unpaired) electrons. The van der Waals surface area contributed by atoms with Crippen molar-refractivity contribution in [2.24, 2.45) is 7.05 Å². The number of nitrogens with zero attached hydrogens (tertiary/aromatic N) is 5. The van der Waals surface area contributed by atoms with Crippen LogP contribution in [0.25, 0.3) is 16.8 Å². The largest absolute Gasteiger partial charge is 0.316 e. The maximum absolute atomic E-state index is 4.92. The molecule has 7 heteroatoms. The first-order chi connectivity index (χ1) is 10.7. The summed E-state index contributed by atoms with van der Waals surface area (Å²) in [7, 11) is 1.92. The van der Waals surface area contributed by atoms with Gasteiger partial charge in [-0.2, -0.15) is 10.2 Å². The Labute approximate surface area is 136 Å². The first-order valence-electron chi connectivity index (χ1n) is 7.46. The van der Waals surface area contributed by atoms with Crippen molar-refractivity contribution in [1.82, 2.24) is 29.7 Å². The van der Waals surface area contributed by atoms with Gasteiger partial charge in [0.1, 0.15) is 0 Å². The van der Waals surface area contributed by atoms with Crippen molar-refractivity contribution in [2.75, 3.05) is 13.1 Å². The summed E-state index contributed by atoms with van der Waals surface area (Å²) in [6.45, 7) is 2.09. The van der Waals surface area contributed by atoms with Crippen LogP contribution in [-0.4, -0.2) is 37.5 Å². The van der Waals surface area contributed by atoms with Gasteiger partial charge < -0.3 is 5.32 Å². The molecule has 0 unspecified atom stereocenters. The van der Waals surface area contributed by atoms with E-state index >= 15 is 0 Å². The third-order valence-electron chi connectivity index (χ3n) is 4.18. The molecule has 0 spiro atoms. The van der Waals surface area contributed by atoms with Gasteiger partial charge in [-0.1, -0.05) is 0 Å². The Morgan fingerprint density at radius 2 is 2.18 bits per heavy atom. The number of hydrogen-bond donors (Lipinski definition) is 1. The Hall–Kier alpha value is -1.73. The van der Waals surface area contributed by atoms with Gasteiger partial charge in [0.15, 0.2) is 5.65 Å². The third-order valence-corrected chi connectivity index (χ3v) is 4.79. The van der Waals surface area contributed by atoms with E-state index in [1.165, 1.54) is 12.8 Å². The summed E-state index contributed by atoms with van der Waals surface area (Å²) < 4.78 is 4.64. The van der Waals surface area contributed by atoms with Crippen molar-refractivity contribution in [2.45, 2.75) is 18.8 Å². The Bertz CT molecular complexity index is 815. The third kappa shape index (κ3) is 2.34. The number of aromatic nitrogens is 5. The first-order valence-corrected chi connectivity index (χ1v) is 8.25. The van der Waals surface area contributed by atoms with E-state index in [-0.39, 0.29) is 0 Å². The maximum Gasteiger partial charge on any atom is 0.163 e. The summed E-state index contributed by atoms with van der Waals surface area (Å²) in [5, 5.41) is 12.1. The van der Waals surface area contributed by atoms with Crippen molar-refractivity contribution in [1.29, 1.82) is 0 Å². The van der Waals surface area contributed by atoms with Crippen LogP contribution in [0.3, 0.4) is 0 Å². The Kier molecular flexibility index (Phi) is 3.46. The average molecular weight is 361 g/mol. The molecule has 6 nitrogen and oxygen atoms in total. The molecule has 1 fully saturated rings. The predicted molar refractivity (Wildman–Crippen MR) is 87.7 cm³/mol. The number of halogens is 1. The predicted octanol–water partition coefficient (Wildman–Crippen LogP) is 2.36. The highest BCUT2D eigenvalue weighted by atomic mass is 79.9. The summed E-state index contributed by atoms with van der Waals surface area (Å²) in [6, 6.07) is 0. The standard InChI is InChI=1S/C15H17BrN6/c1-21-8-11(6-18-21)12-7-19-22-9-13(16)14(20-15(12)22)10-3-2-4-17-5-10/h6-10,17H,2-5H2,1H3/t10-/m1/s1. The van der Waals surface area contributed by atoms with Gasteiger partial charge in [0.05, 0.1) is 22.6 Å². The molecule has 1 N–H and O–H groups in total. The van der Waals surface area contributed by atoms with Gasteiger partial charge >= 0.3 is 0 Å². The highest BCUT2D eigenvalue weighted by Gasteiger charge is 2.21. The van der Waals surface area contributed by atoms with Crippen LogP contribution in [0.5, 0.6) is 0 Å². The fourth-order valence-corrected chi connectivity index (χ4v) is 3.64. The molecule has 1 saturated heterocycles. The molecule has 1 aliphatic heterocycles. The van der Waals surface area contributed by atoms with Crippen LogP contribution < -0.4 is 5.32 Å². The second-order valence-electron chi connectivity index (χ2n) is 5.75. The smallest absolute Gasteiger partial charge is 0.163 e. The highest BCUT2D eigenvalue weighted by molar-refractivity contribution is 9.10. The van der Waals surface area contributed by atoms with Crippen LogP contribution in [0, 0.1) is 0 Å². The number of piperidine rings is 1. The van der Waals surface area contributed by atoms with Crippen molar-refractivity contribution < 1.29 is 0 Å². The van der Waals surface area contributed by atoms with E-state index in [0.29, 0.717) is 5.92 Å². The highest BCUT2D eigenvalue weighted by Crippen LogP contribution is 2.31. The number of hydrogen-bond acceptors (Lipinski definition) is 4. The van der Waals surface area contributed by atoms with Gasteiger partial charge in [-0.25, -0.2) is 9.50 Å². The maximum atomic E-state index is 4.92. The molecule has 3 aromatic heterocycles. The van der Waals surface area contributed by atoms with E-state index in [0.717, 1.165) is 40.0 Å². The van der Waals surface area contributed by atoms with Crippen LogP contribution >= 0.6 is 15.9 Å². The zero-order chi connectivity index (χ0) is 15.1. The van der Waals surface area contributed by atoms with Gasteiger partial charge in [0.25, 0.3) is 0 Å². The molecule has 4 heterocycles. The van der Waals surface area contributed by atoms with E-state index in [2.05, 4.69) is 31.4 Å². The topological polar surface area (TPSA) is 60.0 Å². The zero-order valence-corrected chi connectivity index (χ0v) is 13.9. The van der Waals surface area contributed by atoms with Crippen LogP contribution in [0.15, 0.2) is 29.3 Å². The normalized spacial score (nSPS) is 18.9. The molecule has 1 aliphatic rings. The van der Waals surface area contributed by atoms with Gasteiger partial charge in [0, 0.05) is 43.0 Å². The molecule has 1 atom stereocenters. The molecular weight excluding hydrogens is 344 g/mol. The fourth-order valence-electron chi connectivity index (χ4n) is 3.04.